The van der Waals surface area contributed by atoms with Crippen molar-refractivity contribution in [3.63, 3.8) is 0 Å². The number of rotatable bonds is 6. The Morgan fingerprint density at radius 3 is 2.42 bits per heavy atom. The van der Waals surface area contributed by atoms with E-state index in [-0.39, 0.29) is 17.9 Å². The van der Waals surface area contributed by atoms with Gasteiger partial charge in [0.2, 0.25) is 5.91 Å². The van der Waals surface area contributed by atoms with Gasteiger partial charge in [-0.3, -0.25) is 9.69 Å². The number of amides is 1. The standard InChI is InChI=1S/C14H29N3O2/c1-5-10(2)13(15)14(18)16-11(3)12(4)17-6-8-19-9-7-17/h10-13H,5-9,15H2,1-4H3,(H,16,18). The Bertz CT molecular complexity index is 280. The van der Waals surface area contributed by atoms with Crippen LogP contribution in [0.15, 0.2) is 0 Å². The van der Waals surface area contributed by atoms with E-state index >= 15 is 0 Å². The number of carbonyl (C=O) groups is 1. The van der Waals surface area contributed by atoms with Crippen molar-refractivity contribution in [2.75, 3.05) is 26.3 Å². The zero-order valence-electron chi connectivity index (χ0n) is 12.7. The maximum absolute atomic E-state index is 12.1. The molecule has 19 heavy (non-hydrogen) atoms. The number of ether oxygens (including phenoxy) is 1. The van der Waals surface area contributed by atoms with Crippen LogP contribution in [0.25, 0.3) is 0 Å². The second kappa shape index (κ2) is 7.82. The molecule has 0 aliphatic carbocycles. The van der Waals surface area contributed by atoms with Gasteiger partial charge >= 0.3 is 0 Å². The molecule has 5 heteroatoms. The van der Waals surface area contributed by atoms with E-state index in [1.165, 1.54) is 0 Å². The first-order valence-electron chi connectivity index (χ1n) is 7.35. The SMILES string of the molecule is CCC(C)C(N)C(=O)NC(C)C(C)N1CCOCC1. The molecule has 1 fully saturated rings. The van der Waals surface area contributed by atoms with E-state index in [1.54, 1.807) is 0 Å². The van der Waals surface area contributed by atoms with Gasteiger partial charge in [0.05, 0.1) is 19.3 Å². The zero-order chi connectivity index (χ0) is 14.4. The number of nitrogens with zero attached hydrogens (tertiary/aromatic N) is 1. The zero-order valence-corrected chi connectivity index (χ0v) is 12.7. The first-order valence-corrected chi connectivity index (χ1v) is 7.35. The molecule has 112 valence electrons. The van der Waals surface area contributed by atoms with E-state index in [2.05, 4.69) is 24.1 Å². The van der Waals surface area contributed by atoms with Crippen molar-refractivity contribution < 1.29 is 9.53 Å². The van der Waals surface area contributed by atoms with Crippen LogP contribution in [0.4, 0.5) is 0 Å². The molecule has 0 radical (unpaired) electrons. The van der Waals surface area contributed by atoms with Crippen LogP contribution in [0.2, 0.25) is 0 Å². The highest BCUT2D eigenvalue weighted by atomic mass is 16.5. The first-order chi connectivity index (χ1) is 8.97. The van der Waals surface area contributed by atoms with Crippen LogP contribution >= 0.6 is 0 Å². The summed E-state index contributed by atoms with van der Waals surface area (Å²) < 4.78 is 5.35. The van der Waals surface area contributed by atoms with Crippen LogP contribution < -0.4 is 11.1 Å². The van der Waals surface area contributed by atoms with Crippen molar-refractivity contribution in [2.45, 2.75) is 52.2 Å². The summed E-state index contributed by atoms with van der Waals surface area (Å²) in [6, 6.07) is -0.0120. The van der Waals surface area contributed by atoms with Crippen molar-refractivity contribution in [3.05, 3.63) is 0 Å². The Balaban J connectivity index is 2.44. The molecular weight excluding hydrogens is 242 g/mol. The minimum absolute atomic E-state index is 0.0399. The fourth-order valence-electron chi connectivity index (χ4n) is 2.25. The molecule has 0 bridgehead atoms. The predicted octanol–water partition coefficient (Wildman–Crippen LogP) is 0.585. The fraction of sp³-hybridized carbons (Fsp3) is 0.929. The molecule has 1 amide bonds. The molecular formula is C14H29N3O2. The summed E-state index contributed by atoms with van der Waals surface area (Å²) in [5.74, 6) is 0.174. The van der Waals surface area contributed by atoms with Crippen molar-refractivity contribution in [1.29, 1.82) is 0 Å². The lowest BCUT2D eigenvalue weighted by molar-refractivity contribution is -0.124. The molecule has 4 atom stereocenters. The first kappa shape index (κ1) is 16.4. The van der Waals surface area contributed by atoms with E-state index in [9.17, 15) is 4.79 Å². The lowest BCUT2D eigenvalue weighted by Crippen LogP contribution is -2.55. The highest BCUT2D eigenvalue weighted by Crippen LogP contribution is 2.09. The minimum Gasteiger partial charge on any atom is -0.379 e. The van der Waals surface area contributed by atoms with Gasteiger partial charge in [-0.15, -0.1) is 0 Å². The molecule has 1 rings (SSSR count). The molecule has 3 N–H and O–H groups in total. The van der Waals surface area contributed by atoms with Gasteiger partial charge in [0.15, 0.2) is 0 Å². The maximum atomic E-state index is 12.1. The number of carbonyl (C=O) groups excluding carboxylic acids is 1. The molecule has 1 heterocycles. The highest BCUT2D eigenvalue weighted by molar-refractivity contribution is 5.82. The molecule has 1 aliphatic heterocycles. The third-order valence-electron chi connectivity index (χ3n) is 4.27. The summed E-state index contributed by atoms with van der Waals surface area (Å²) in [4.78, 5) is 14.4. The Hall–Kier alpha value is -0.650. The quantitative estimate of drug-likeness (QED) is 0.742. The van der Waals surface area contributed by atoms with Crippen molar-refractivity contribution in [3.8, 4) is 0 Å². The van der Waals surface area contributed by atoms with Crippen LogP contribution in [-0.2, 0) is 9.53 Å². The van der Waals surface area contributed by atoms with Gasteiger partial charge in [0.1, 0.15) is 0 Å². The van der Waals surface area contributed by atoms with Gasteiger partial charge in [-0.2, -0.15) is 0 Å². The van der Waals surface area contributed by atoms with Crippen LogP contribution in [0.3, 0.4) is 0 Å². The summed E-state index contributed by atoms with van der Waals surface area (Å²) in [6.45, 7) is 11.7. The summed E-state index contributed by atoms with van der Waals surface area (Å²) in [7, 11) is 0. The van der Waals surface area contributed by atoms with Gasteiger partial charge in [-0.1, -0.05) is 20.3 Å². The highest BCUT2D eigenvalue weighted by Gasteiger charge is 2.26. The largest absolute Gasteiger partial charge is 0.379 e. The molecule has 1 aliphatic rings. The second-order valence-corrected chi connectivity index (χ2v) is 5.60. The lowest BCUT2D eigenvalue weighted by atomic mass is 9.98. The fourth-order valence-corrected chi connectivity index (χ4v) is 2.25. The van der Waals surface area contributed by atoms with Crippen LogP contribution in [0.5, 0.6) is 0 Å². The van der Waals surface area contributed by atoms with Crippen LogP contribution in [-0.4, -0.2) is 55.2 Å². The average molecular weight is 271 g/mol. The van der Waals surface area contributed by atoms with E-state index in [4.69, 9.17) is 10.5 Å². The normalized spacial score (nSPS) is 23.4. The van der Waals surface area contributed by atoms with Crippen molar-refractivity contribution in [2.24, 2.45) is 11.7 Å². The maximum Gasteiger partial charge on any atom is 0.237 e. The third kappa shape index (κ3) is 4.75. The number of nitrogens with two attached hydrogens (primary N) is 1. The molecule has 0 aromatic rings. The molecule has 5 nitrogen and oxygen atoms in total. The van der Waals surface area contributed by atoms with E-state index < -0.39 is 6.04 Å². The third-order valence-corrected chi connectivity index (χ3v) is 4.27. The Kier molecular flexibility index (Phi) is 6.75. The number of nitrogens with one attached hydrogen (secondary N) is 1. The molecule has 0 saturated carbocycles. The van der Waals surface area contributed by atoms with E-state index in [0.717, 1.165) is 32.7 Å². The van der Waals surface area contributed by atoms with Gasteiger partial charge in [0.25, 0.3) is 0 Å². The van der Waals surface area contributed by atoms with E-state index in [0.29, 0.717) is 6.04 Å². The second-order valence-electron chi connectivity index (χ2n) is 5.60. The average Bonchev–Trinajstić information content (AvgIpc) is 2.45. The van der Waals surface area contributed by atoms with Gasteiger partial charge in [0, 0.05) is 25.2 Å². The molecule has 0 aromatic carbocycles. The van der Waals surface area contributed by atoms with Crippen LogP contribution in [0.1, 0.15) is 34.1 Å². The number of morpholine rings is 1. The minimum atomic E-state index is -0.413. The van der Waals surface area contributed by atoms with Gasteiger partial charge < -0.3 is 15.8 Å². The smallest absolute Gasteiger partial charge is 0.237 e. The molecule has 1 saturated heterocycles. The van der Waals surface area contributed by atoms with Gasteiger partial charge in [-0.25, -0.2) is 0 Å². The van der Waals surface area contributed by atoms with Crippen molar-refractivity contribution >= 4 is 5.91 Å². The van der Waals surface area contributed by atoms with E-state index in [1.807, 2.05) is 13.8 Å². The Morgan fingerprint density at radius 2 is 1.89 bits per heavy atom. The van der Waals surface area contributed by atoms with Gasteiger partial charge in [-0.05, 0) is 19.8 Å². The van der Waals surface area contributed by atoms with Crippen LogP contribution in [0, 0.1) is 5.92 Å². The molecule has 4 unspecified atom stereocenters. The Morgan fingerprint density at radius 1 is 1.32 bits per heavy atom. The lowest BCUT2D eigenvalue weighted by Gasteiger charge is -2.36. The van der Waals surface area contributed by atoms with Crippen molar-refractivity contribution in [1.82, 2.24) is 10.2 Å². The summed E-state index contributed by atoms with van der Waals surface area (Å²) in [5.41, 5.74) is 5.95. The summed E-state index contributed by atoms with van der Waals surface area (Å²) in [6.07, 6.45) is 0.919. The predicted molar refractivity (Wildman–Crippen MR) is 76.9 cm³/mol. The Labute approximate surface area is 116 Å². The topological polar surface area (TPSA) is 67.6 Å². The molecule has 0 aromatic heterocycles. The molecule has 0 spiro atoms. The number of hydrogen-bond acceptors (Lipinski definition) is 4. The summed E-state index contributed by atoms with van der Waals surface area (Å²) in [5, 5.41) is 3.05. The monoisotopic (exact) mass is 271 g/mol. The summed E-state index contributed by atoms with van der Waals surface area (Å²) >= 11 is 0. The number of hydrogen-bond donors (Lipinski definition) is 2.